The molecule has 102 valence electrons. The average Bonchev–Trinajstić information content (AvgIpc) is 2.48. The quantitative estimate of drug-likeness (QED) is 0.832. The molecule has 1 aliphatic rings. The molecule has 1 heterocycles. The van der Waals surface area contributed by atoms with E-state index in [1.807, 2.05) is 36.4 Å². The zero-order valence-corrected chi connectivity index (χ0v) is 11.6. The van der Waals surface area contributed by atoms with Crippen molar-refractivity contribution in [3.05, 3.63) is 66.0 Å². The van der Waals surface area contributed by atoms with Crippen LogP contribution in [0.3, 0.4) is 0 Å². The molecule has 1 unspecified atom stereocenters. The van der Waals surface area contributed by atoms with E-state index >= 15 is 0 Å². The molecule has 0 spiro atoms. The maximum atomic E-state index is 13.4. The molecular formula is C16H14FNOS. The highest BCUT2D eigenvalue weighted by atomic mass is 32.2. The summed E-state index contributed by atoms with van der Waals surface area (Å²) in [6.07, 6.45) is 0.519. The van der Waals surface area contributed by atoms with E-state index in [9.17, 15) is 9.18 Å². The van der Waals surface area contributed by atoms with E-state index in [-0.39, 0.29) is 17.1 Å². The molecule has 0 saturated carbocycles. The maximum absolute atomic E-state index is 13.4. The summed E-state index contributed by atoms with van der Waals surface area (Å²) >= 11 is 1.67. The first-order chi connectivity index (χ1) is 9.75. The van der Waals surface area contributed by atoms with Crippen LogP contribution in [0.1, 0.15) is 17.4 Å². The molecule has 1 amide bonds. The van der Waals surface area contributed by atoms with E-state index in [0.29, 0.717) is 6.42 Å². The van der Waals surface area contributed by atoms with E-state index in [1.165, 1.54) is 12.1 Å². The number of thioether (sulfide) groups is 1. The van der Waals surface area contributed by atoms with Crippen LogP contribution in [0.4, 0.5) is 10.1 Å². The van der Waals surface area contributed by atoms with Gasteiger partial charge in [-0.25, -0.2) is 4.39 Å². The molecular weight excluding hydrogens is 273 g/mol. The van der Waals surface area contributed by atoms with E-state index in [0.717, 1.165) is 17.0 Å². The van der Waals surface area contributed by atoms with E-state index in [4.69, 9.17) is 0 Å². The summed E-state index contributed by atoms with van der Waals surface area (Å²) in [5.41, 5.74) is 1.69. The zero-order chi connectivity index (χ0) is 13.9. The van der Waals surface area contributed by atoms with E-state index < -0.39 is 0 Å². The third kappa shape index (κ3) is 2.56. The first-order valence-electron chi connectivity index (χ1n) is 6.50. The van der Waals surface area contributed by atoms with E-state index in [2.05, 4.69) is 0 Å². The van der Waals surface area contributed by atoms with Crippen molar-refractivity contribution >= 4 is 23.4 Å². The second kappa shape index (κ2) is 5.67. The molecule has 1 aliphatic heterocycles. The van der Waals surface area contributed by atoms with Crippen LogP contribution in [0, 0.1) is 5.82 Å². The van der Waals surface area contributed by atoms with Gasteiger partial charge in [-0.3, -0.25) is 9.69 Å². The smallest absolute Gasteiger partial charge is 0.229 e. The van der Waals surface area contributed by atoms with Gasteiger partial charge in [-0.15, -0.1) is 11.8 Å². The average molecular weight is 287 g/mol. The third-order valence-corrected chi connectivity index (χ3v) is 4.50. The summed E-state index contributed by atoms with van der Waals surface area (Å²) in [7, 11) is 0. The van der Waals surface area contributed by atoms with Gasteiger partial charge in [-0.05, 0) is 29.8 Å². The van der Waals surface area contributed by atoms with Gasteiger partial charge >= 0.3 is 0 Å². The van der Waals surface area contributed by atoms with Crippen LogP contribution in [0.5, 0.6) is 0 Å². The summed E-state index contributed by atoms with van der Waals surface area (Å²) in [4.78, 5) is 14.0. The van der Waals surface area contributed by atoms with Gasteiger partial charge in [0.2, 0.25) is 5.91 Å². The van der Waals surface area contributed by atoms with Crippen LogP contribution in [0.15, 0.2) is 54.6 Å². The molecule has 2 aromatic rings. The fourth-order valence-corrected chi connectivity index (χ4v) is 3.60. The molecule has 0 aromatic heterocycles. The molecule has 0 bridgehead atoms. The molecule has 3 rings (SSSR count). The van der Waals surface area contributed by atoms with Crippen molar-refractivity contribution < 1.29 is 9.18 Å². The summed E-state index contributed by atoms with van der Waals surface area (Å²) in [6.45, 7) is 0. The normalized spacial score (nSPS) is 19.1. The van der Waals surface area contributed by atoms with E-state index in [1.54, 1.807) is 22.7 Å². The van der Waals surface area contributed by atoms with Crippen molar-refractivity contribution in [2.75, 3.05) is 10.7 Å². The molecule has 1 fully saturated rings. The molecule has 1 atom stereocenters. The molecule has 0 aliphatic carbocycles. The Morgan fingerprint density at radius 3 is 2.65 bits per heavy atom. The molecule has 20 heavy (non-hydrogen) atoms. The summed E-state index contributed by atoms with van der Waals surface area (Å²) < 4.78 is 13.4. The minimum absolute atomic E-state index is 0.0872. The molecule has 4 heteroatoms. The molecule has 2 nitrogen and oxygen atoms in total. The standard InChI is InChI=1S/C16H14FNOS/c17-13-6-4-5-12(11-13)16-18(15(19)9-10-20-16)14-7-2-1-3-8-14/h1-8,11,16H,9-10H2. The number of carbonyl (C=O) groups excluding carboxylic acids is 1. The van der Waals surface area contributed by atoms with Gasteiger partial charge in [0.05, 0.1) is 0 Å². The SMILES string of the molecule is O=C1CCSC(c2cccc(F)c2)N1c1ccccc1. The molecule has 0 N–H and O–H groups in total. The van der Waals surface area contributed by atoms with Crippen molar-refractivity contribution in [3.63, 3.8) is 0 Å². The Morgan fingerprint density at radius 2 is 1.90 bits per heavy atom. The summed E-state index contributed by atoms with van der Waals surface area (Å²) in [5, 5.41) is -0.158. The fraction of sp³-hybridized carbons (Fsp3) is 0.188. The van der Waals surface area contributed by atoms with Gasteiger partial charge in [0.1, 0.15) is 11.2 Å². The summed E-state index contributed by atoms with van der Waals surface area (Å²) in [5.74, 6) is 0.585. The number of halogens is 1. The number of anilines is 1. The fourth-order valence-electron chi connectivity index (χ4n) is 2.36. The van der Waals surface area contributed by atoms with Crippen molar-refractivity contribution in [1.82, 2.24) is 0 Å². The minimum Gasteiger partial charge on any atom is -0.296 e. The lowest BCUT2D eigenvalue weighted by atomic mass is 10.1. The molecule has 2 aromatic carbocycles. The first kappa shape index (κ1) is 13.2. The van der Waals surface area contributed by atoms with Gasteiger partial charge in [0, 0.05) is 17.9 Å². The zero-order valence-electron chi connectivity index (χ0n) is 10.8. The van der Waals surface area contributed by atoms with Crippen LogP contribution in [0.2, 0.25) is 0 Å². The Balaban J connectivity index is 2.01. The lowest BCUT2D eigenvalue weighted by Crippen LogP contribution is -2.37. The Hall–Kier alpha value is -1.81. The topological polar surface area (TPSA) is 20.3 Å². The van der Waals surface area contributed by atoms with Crippen LogP contribution >= 0.6 is 11.8 Å². The minimum atomic E-state index is -0.269. The Morgan fingerprint density at radius 1 is 1.10 bits per heavy atom. The molecule has 1 saturated heterocycles. The highest BCUT2D eigenvalue weighted by Crippen LogP contribution is 2.40. The predicted octanol–water partition coefficient (Wildman–Crippen LogP) is 3.99. The largest absolute Gasteiger partial charge is 0.296 e. The number of rotatable bonds is 2. The first-order valence-corrected chi connectivity index (χ1v) is 7.55. The lowest BCUT2D eigenvalue weighted by Gasteiger charge is -2.35. The van der Waals surface area contributed by atoms with Crippen LogP contribution in [-0.4, -0.2) is 11.7 Å². The number of nitrogens with zero attached hydrogens (tertiary/aromatic N) is 1. The maximum Gasteiger partial charge on any atom is 0.229 e. The number of amides is 1. The number of hydrogen-bond donors (Lipinski definition) is 0. The monoisotopic (exact) mass is 287 g/mol. The number of para-hydroxylation sites is 1. The van der Waals surface area contributed by atoms with Gasteiger partial charge in [0.15, 0.2) is 0 Å². The summed E-state index contributed by atoms with van der Waals surface area (Å²) in [6, 6.07) is 16.0. The van der Waals surface area contributed by atoms with Crippen molar-refractivity contribution in [1.29, 1.82) is 0 Å². The second-order valence-corrected chi connectivity index (χ2v) is 5.82. The third-order valence-electron chi connectivity index (χ3n) is 3.26. The van der Waals surface area contributed by atoms with Crippen LogP contribution < -0.4 is 4.90 Å². The number of hydrogen-bond acceptors (Lipinski definition) is 2. The van der Waals surface area contributed by atoms with Crippen LogP contribution in [0.25, 0.3) is 0 Å². The number of benzene rings is 2. The van der Waals surface area contributed by atoms with Crippen molar-refractivity contribution in [2.24, 2.45) is 0 Å². The van der Waals surface area contributed by atoms with Gasteiger partial charge in [-0.1, -0.05) is 30.3 Å². The highest BCUT2D eigenvalue weighted by Gasteiger charge is 2.31. The van der Waals surface area contributed by atoms with Gasteiger partial charge in [0.25, 0.3) is 0 Å². The predicted molar refractivity (Wildman–Crippen MR) is 80.1 cm³/mol. The van der Waals surface area contributed by atoms with Crippen molar-refractivity contribution in [3.8, 4) is 0 Å². The van der Waals surface area contributed by atoms with Gasteiger partial charge < -0.3 is 0 Å². The molecule has 0 radical (unpaired) electrons. The van der Waals surface area contributed by atoms with Crippen LogP contribution in [-0.2, 0) is 4.79 Å². The Kier molecular flexibility index (Phi) is 3.74. The number of carbonyl (C=O) groups is 1. The second-order valence-electron chi connectivity index (χ2n) is 4.63. The van der Waals surface area contributed by atoms with Crippen molar-refractivity contribution in [2.45, 2.75) is 11.8 Å². The van der Waals surface area contributed by atoms with Gasteiger partial charge in [-0.2, -0.15) is 0 Å². The Bertz CT molecular complexity index is 617. The lowest BCUT2D eigenvalue weighted by molar-refractivity contribution is -0.118. The highest BCUT2D eigenvalue weighted by molar-refractivity contribution is 7.99. The Labute approximate surface area is 121 Å².